The number of hydrogen-bond acceptors (Lipinski definition) is 3. The molecule has 2 heterocycles. The largest absolute Gasteiger partial charge is 0.341 e. The fourth-order valence-electron chi connectivity index (χ4n) is 3.95. The maximum atomic E-state index is 12.8. The first-order valence-corrected chi connectivity index (χ1v) is 11.0. The fraction of sp³-hybridized carbons (Fsp3) is 0.304. The Morgan fingerprint density at radius 3 is 2.79 bits per heavy atom. The first-order valence-electron chi connectivity index (χ1n) is 10.2. The molecule has 1 aliphatic carbocycles. The van der Waals surface area contributed by atoms with Gasteiger partial charge in [0, 0.05) is 52.5 Å². The molecule has 148 valence electrons. The number of thioether (sulfide) groups is 1. The molecule has 2 aromatic heterocycles. The lowest BCUT2D eigenvalue weighted by Crippen LogP contribution is -2.22. The Morgan fingerprint density at radius 1 is 1.21 bits per heavy atom. The van der Waals surface area contributed by atoms with Gasteiger partial charge in [-0.25, -0.2) is 4.98 Å². The summed E-state index contributed by atoms with van der Waals surface area (Å²) in [5.74, 6) is -0.000994. The Balaban J connectivity index is 1.38. The third kappa shape index (κ3) is 3.31. The molecule has 0 spiro atoms. The number of carbonyl (C=O) groups excluding carboxylic acids is 1. The van der Waals surface area contributed by atoms with E-state index in [9.17, 15) is 4.79 Å². The third-order valence-electron chi connectivity index (χ3n) is 5.58. The molecule has 0 bridgehead atoms. The second-order valence-electron chi connectivity index (χ2n) is 7.59. The maximum absolute atomic E-state index is 12.8. The summed E-state index contributed by atoms with van der Waals surface area (Å²) >= 11 is 1.52. The number of hydrogen-bond donors (Lipinski definition) is 1. The van der Waals surface area contributed by atoms with Crippen molar-refractivity contribution in [1.29, 1.82) is 0 Å². The smallest absolute Gasteiger partial charge is 0.237 e. The number of aromatic nitrogens is 3. The van der Waals surface area contributed by atoms with Gasteiger partial charge in [0.15, 0.2) is 5.16 Å². The maximum Gasteiger partial charge on any atom is 0.237 e. The SMILES string of the molecule is CCn1c2ccccc2c2cc(NC(=O)C(C)Sc3nccn3C3CC3)ccc21. The van der Waals surface area contributed by atoms with Crippen LogP contribution in [0.15, 0.2) is 60.0 Å². The average molecular weight is 405 g/mol. The minimum Gasteiger partial charge on any atom is -0.341 e. The average Bonchev–Trinajstić information content (AvgIpc) is 3.39. The molecule has 1 saturated carbocycles. The summed E-state index contributed by atoms with van der Waals surface area (Å²) in [6.45, 7) is 5.01. The van der Waals surface area contributed by atoms with Crippen LogP contribution in [0, 0.1) is 0 Å². The van der Waals surface area contributed by atoms with Gasteiger partial charge < -0.3 is 14.5 Å². The van der Waals surface area contributed by atoms with Gasteiger partial charge in [-0.05, 0) is 51.0 Å². The highest BCUT2D eigenvalue weighted by Gasteiger charge is 2.27. The summed E-state index contributed by atoms with van der Waals surface area (Å²) in [5, 5.41) is 6.19. The molecule has 1 N–H and O–H groups in total. The molecule has 2 aromatic carbocycles. The molecule has 0 aliphatic heterocycles. The van der Waals surface area contributed by atoms with Crippen molar-refractivity contribution in [3.63, 3.8) is 0 Å². The summed E-state index contributed by atoms with van der Waals surface area (Å²) < 4.78 is 4.51. The molecule has 4 aromatic rings. The Labute approximate surface area is 174 Å². The molecule has 1 aliphatic rings. The number of imidazole rings is 1. The van der Waals surface area contributed by atoms with Crippen molar-refractivity contribution >= 4 is 45.2 Å². The highest BCUT2D eigenvalue weighted by molar-refractivity contribution is 8.00. The van der Waals surface area contributed by atoms with Gasteiger partial charge in [-0.3, -0.25) is 4.79 Å². The van der Waals surface area contributed by atoms with E-state index in [-0.39, 0.29) is 11.2 Å². The van der Waals surface area contributed by atoms with E-state index < -0.39 is 0 Å². The molecular weight excluding hydrogens is 380 g/mol. The molecular formula is C23H24N4OS. The van der Waals surface area contributed by atoms with E-state index in [2.05, 4.69) is 62.8 Å². The Kier molecular flexibility index (Phi) is 4.59. The van der Waals surface area contributed by atoms with Gasteiger partial charge in [0.25, 0.3) is 0 Å². The number of nitrogens with one attached hydrogen (secondary N) is 1. The van der Waals surface area contributed by atoms with Gasteiger partial charge >= 0.3 is 0 Å². The molecule has 1 amide bonds. The van der Waals surface area contributed by atoms with Crippen LogP contribution in [0.2, 0.25) is 0 Å². The van der Waals surface area contributed by atoms with Gasteiger partial charge in [0.2, 0.25) is 5.91 Å². The molecule has 29 heavy (non-hydrogen) atoms. The third-order valence-corrected chi connectivity index (χ3v) is 6.68. The van der Waals surface area contributed by atoms with Crippen molar-refractivity contribution in [2.75, 3.05) is 5.32 Å². The van der Waals surface area contributed by atoms with Crippen molar-refractivity contribution in [3.05, 3.63) is 54.9 Å². The summed E-state index contributed by atoms with van der Waals surface area (Å²) in [7, 11) is 0. The predicted molar refractivity (Wildman–Crippen MR) is 120 cm³/mol. The van der Waals surface area contributed by atoms with E-state index >= 15 is 0 Å². The predicted octanol–water partition coefficient (Wildman–Crippen LogP) is 5.47. The number of amides is 1. The minimum atomic E-state index is -0.220. The molecule has 5 nitrogen and oxygen atoms in total. The zero-order valence-corrected chi connectivity index (χ0v) is 17.4. The standard InChI is InChI=1S/C23H24N4OS/c1-3-26-20-7-5-4-6-18(20)19-14-16(8-11-21(19)26)25-22(28)15(2)29-23-24-12-13-27(23)17-9-10-17/h4-8,11-15,17H,3,9-10H2,1-2H3,(H,25,28). The quantitative estimate of drug-likeness (QED) is 0.434. The number of anilines is 1. The van der Waals surface area contributed by atoms with Crippen LogP contribution in [0.25, 0.3) is 21.8 Å². The van der Waals surface area contributed by atoms with Crippen LogP contribution < -0.4 is 5.32 Å². The molecule has 6 heteroatoms. The van der Waals surface area contributed by atoms with Gasteiger partial charge in [0.1, 0.15) is 0 Å². The Morgan fingerprint density at radius 2 is 2.00 bits per heavy atom. The van der Waals surface area contributed by atoms with Crippen molar-refractivity contribution in [1.82, 2.24) is 14.1 Å². The van der Waals surface area contributed by atoms with Gasteiger partial charge in [-0.15, -0.1) is 0 Å². The zero-order chi connectivity index (χ0) is 20.0. The monoisotopic (exact) mass is 404 g/mol. The summed E-state index contributed by atoms with van der Waals surface area (Å²) in [6.07, 6.45) is 6.25. The number of nitrogens with zero attached hydrogens (tertiary/aromatic N) is 3. The molecule has 1 unspecified atom stereocenters. The van der Waals surface area contributed by atoms with Crippen LogP contribution in [-0.2, 0) is 11.3 Å². The molecule has 5 rings (SSSR count). The second-order valence-corrected chi connectivity index (χ2v) is 8.90. The fourth-order valence-corrected chi connectivity index (χ4v) is 4.88. The molecule has 0 saturated heterocycles. The molecule has 0 radical (unpaired) electrons. The topological polar surface area (TPSA) is 51.9 Å². The van der Waals surface area contributed by atoms with E-state index in [1.807, 2.05) is 25.4 Å². The first kappa shape index (κ1) is 18.3. The highest BCUT2D eigenvalue weighted by Crippen LogP contribution is 2.38. The summed E-state index contributed by atoms with van der Waals surface area (Å²) in [6, 6.07) is 15.2. The van der Waals surface area contributed by atoms with Crippen molar-refractivity contribution in [2.24, 2.45) is 0 Å². The number of carbonyl (C=O) groups is 1. The van der Waals surface area contributed by atoms with Crippen LogP contribution in [0.4, 0.5) is 5.69 Å². The van der Waals surface area contributed by atoms with Crippen LogP contribution in [-0.4, -0.2) is 25.3 Å². The van der Waals surface area contributed by atoms with Crippen LogP contribution in [0.1, 0.15) is 32.7 Å². The highest BCUT2D eigenvalue weighted by atomic mass is 32.2. The lowest BCUT2D eigenvalue weighted by molar-refractivity contribution is -0.115. The number of benzene rings is 2. The Hall–Kier alpha value is -2.73. The van der Waals surface area contributed by atoms with E-state index in [1.165, 1.54) is 46.4 Å². The minimum absolute atomic E-state index is 0.000994. The van der Waals surface area contributed by atoms with Crippen LogP contribution in [0.3, 0.4) is 0 Å². The van der Waals surface area contributed by atoms with Crippen LogP contribution >= 0.6 is 11.8 Å². The zero-order valence-electron chi connectivity index (χ0n) is 16.6. The molecule has 1 fully saturated rings. The van der Waals surface area contributed by atoms with Gasteiger partial charge in [0.05, 0.1) is 5.25 Å². The van der Waals surface area contributed by atoms with Crippen LogP contribution in [0.5, 0.6) is 0 Å². The number of aryl methyl sites for hydroxylation is 1. The van der Waals surface area contributed by atoms with Gasteiger partial charge in [-0.2, -0.15) is 0 Å². The van der Waals surface area contributed by atoms with E-state index in [4.69, 9.17) is 0 Å². The van der Waals surface area contributed by atoms with Gasteiger partial charge in [-0.1, -0.05) is 30.0 Å². The van der Waals surface area contributed by atoms with E-state index in [0.29, 0.717) is 6.04 Å². The molecule has 1 atom stereocenters. The summed E-state index contributed by atoms with van der Waals surface area (Å²) in [4.78, 5) is 17.3. The Bertz CT molecular complexity index is 1200. The van der Waals surface area contributed by atoms with Crippen molar-refractivity contribution in [3.8, 4) is 0 Å². The van der Waals surface area contributed by atoms with Crippen molar-refractivity contribution < 1.29 is 4.79 Å². The number of para-hydroxylation sites is 1. The lowest BCUT2D eigenvalue weighted by Gasteiger charge is -2.13. The lowest BCUT2D eigenvalue weighted by atomic mass is 10.1. The first-order chi connectivity index (χ1) is 14.2. The second kappa shape index (κ2) is 7.26. The van der Waals surface area contributed by atoms with Crippen molar-refractivity contribution in [2.45, 2.75) is 49.7 Å². The van der Waals surface area contributed by atoms with E-state index in [0.717, 1.165) is 17.4 Å². The number of fused-ring (bicyclic) bond motifs is 3. The normalized spacial score (nSPS) is 15.1. The van der Waals surface area contributed by atoms with E-state index in [1.54, 1.807) is 0 Å². The number of rotatable bonds is 6. The summed E-state index contributed by atoms with van der Waals surface area (Å²) in [5.41, 5.74) is 3.25.